The lowest BCUT2D eigenvalue weighted by molar-refractivity contribution is 0.580. The van der Waals surface area contributed by atoms with Crippen molar-refractivity contribution in [2.45, 2.75) is 25.3 Å². The molecule has 1 heterocycles. The van der Waals surface area contributed by atoms with Gasteiger partial charge in [0.15, 0.2) is 0 Å². The van der Waals surface area contributed by atoms with Gasteiger partial charge in [-0.1, -0.05) is 0 Å². The van der Waals surface area contributed by atoms with E-state index in [0.29, 0.717) is 11.3 Å². The highest BCUT2D eigenvalue weighted by molar-refractivity contribution is 7.89. The fraction of sp³-hybridized carbons (Fsp3) is 0.308. The molecule has 6 nitrogen and oxygen atoms in total. The maximum Gasteiger partial charge on any atom is 0.241 e. The highest BCUT2D eigenvalue weighted by Gasteiger charge is 2.17. The Balaban J connectivity index is 2.21. The zero-order valence-electron chi connectivity index (χ0n) is 11.7. The van der Waals surface area contributed by atoms with Crippen molar-refractivity contribution in [1.82, 2.24) is 14.5 Å². The first-order valence-corrected chi connectivity index (χ1v) is 7.63. The monoisotopic (exact) mass is 294 g/mol. The molecule has 2 rings (SSSR count). The molecule has 1 aromatic heterocycles. The van der Waals surface area contributed by atoms with E-state index in [4.69, 9.17) is 5.73 Å². The van der Waals surface area contributed by atoms with Crippen LogP contribution in [-0.4, -0.2) is 18.2 Å². The molecule has 1 aromatic carbocycles. The Kier molecular flexibility index (Phi) is 3.82. The molecule has 20 heavy (non-hydrogen) atoms. The molecule has 7 heteroatoms. The number of hydrogen-bond donors (Lipinski definition) is 2. The Morgan fingerprint density at radius 3 is 2.60 bits per heavy atom. The van der Waals surface area contributed by atoms with Gasteiger partial charge < -0.3 is 5.73 Å². The maximum absolute atomic E-state index is 12.3. The molecule has 0 aliphatic rings. The van der Waals surface area contributed by atoms with Crippen molar-refractivity contribution >= 4 is 15.7 Å². The zero-order valence-corrected chi connectivity index (χ0v) is 12.5. The molecule has 0 spiro atoms. The Labute approximate surface area is 118 Å². The number of nitrogens with one attached hydrogen (secondary N) is 1. The predicted molar refractivity (Wildman–Crippen MR) is 77.6 cm³/mol. The van der Waals surface area contributed by atoms with Crippen molar-refractivity contribution in [3.05, 3.63) is 41.2 Å². The lowest BCUT2D eigenvalue weighted by atomic mass is 10.2. The van der Waals surface area contributed by atoms with Crippen LogP contribution >= 0.6 is 0 Å². The smallest absolute Gasteiger partial charge is 0.241 e. The Bertz CT molecular complexity index is 735. The third-order valence-corrected chi connectivity index (χ3v) is 4.84. The summed E-state index contributed by atoms with van der Waals surface area (Å²) in [6.07, 6.45) is 1.66. The fourth-order valence-electron chi connectivity index (χ4n) is 1.94. The lowest BCUT2D eigenvalue weighted by Gasteiger charge is -2.09. The molecule has 3 N–H and O–H groups in total. The molecule has 0 aliphatic carbocycles. The first-order chi connectivity index (χ1) is 9.31. The summed E-state index contributed by atoms with van der Waals surface area (Å²) in [7, 11) is -1.74. The quantitative estimate of drug-likeness (QED) is 0.826. The molecular weight excluding hydrogens is 276 g/mol. The second-order valence-corrected chi connectivity index (χ2v) is 6.46. The van der Waals surface area contributed by atoms with Crippen molar-refractivity contribution in [2.75, 3.05) is 5.73 Å². The number of nitrogens with zero attached hydrogens (tertiary/aromatic N) is 2. The molecule has 0 saturated heterocycles. The predicted octanol–water partition coefficient (Wildman–Crippen LogP) is 1.10. The van der Waals surface area contributed by atoms with Gasteiger partial charge in [0.1, 0.15) is 0 Å². The van der Waals surface area contributed by atoms with Crippen LogP contribution in [0.3, 0.4) is 0 Å². The lowest BCUT2D eigenvalue weighted by Crippen LogP contribution is -2.24. The molecule has 0 saturated carbocycles. The van der Waals surface area contributed by atoms with Crippen molar-refractivity contribution < 1.29 is 8.42 Å². The van der Waals surface area contributed by atoms with E-state index in [0.717, 1.165) is 11.3 Å². The van der Waals surface area contributed by atoms with Gasteiger partial charge in [0, 0.05) is 30.5 Å². The van der Waals surface area contributed by atoms with Crippen molar-refractivity contribution in [1.29, 1.82) is 0 Å². The second kappa shape index (κ2) is 5.26. The van der Waals surface area contributed by atoms with Gasteiger partial charge in [-0.2, -0.15) is 5.10 Å². The van der Waals surface area contributed by atoms with Gasteiger partial charge in [-0.05, 0) is 37.6 Å². The third-order valence-electron chi connectivity index (χ3n) is 3.28. The molecule has 0 bridgehead atoms. The van der Waals surface area contributed by atoms with E-state index in [1.165, 1.54) is 6.07 Å². The van der Waals surface area contributed by atoms with E-state index in [9.17, 15) is 8.42 Å². The van der Waals surface area contributed by atoms with E-state index in [1.807, 2.05) is 14.0 Å². The van der Waals surface area contributed by atoms with Gasteiger partial charge in [0.05, 0.1) is 11.1 Å². The van der Waals surface area contributed by atoms with E-state index < -0.39 is 10.0 Å². The van der Waals surface area contributed by atoms with Crippen LogP contribution in [0.4, 0.5) is 5.69 Å². The first kappa shape index (κ1) is 14.5. The number of aromatic nitrogens is 2. The van der Waals surface area contributed by atoms with Gasteiger partial charge in [0.2, 0.25) is 10.0 Å². The largest absolute Gasteiger partial charge is 0.399 e. The molecule has 0 aliphatic heterocycles. The minimum absolute atomic E-state index is 0.214. The summed E-state index contributed by atoms with van der Waals surface area (Å²) in [6, 6.07) is 4.74. The highest BCUT2D eigenvalue weighted by Crippen LogP contribution is 2.18. The Hall–Kier alpha value is -1.86. The average molecular weight is 294 g/mol. The van der Waals surface area contributed by atoms with E-state index >= 15 is 0 Å². The molecule has 0 fully saturated rings. The van der Waals surface area contributed by atoms with Crippen molar-refractivity contribution in [3.63, 3.8) is 0 Å². The molecule has 0 radical (unpaired) electrons. The van der Waals surface area contributed by atoms with Crippen molar-refractivity contribution in [2.24, 2.45) is 7.05 Å². The van der Waals surface area contributed by atoms with Crippen LogP contribution in [0.15, 0.2) is 29.3 Å². The van der Waals surface area contributed by atoms with Gasteiger partial charge in [-0.15, -0.1) is 0 Å². The van der Waals surface area contributed by atoms with Crippen LogP contribution in [-0.2, 0) is 23.6 Å². The van der Waals surface area contributed by atoms with Gasteiger partial charge in [-0.3, -0.25) is 4.68 Å². The van der Waals surface area contributed by atoms with Crippen LogP contribution < -0.4 is 10.5 Å². The van der Waals surface area contributed by atoms with E-state index in [2.05, 4.69) is 9.82 Å². The van der Waals surface area contributed by atoms with Crippen LogP contribution in [0.2, 0.25) is 0 Å². The van der Waals surface area contributed by atoms with Crippen molar-refractivity contribution in [3.8, 4) is 0 Å². The second-order valence-electron chi connectivity index (χ2n) is 4.73. The van der Waals surface area contributed by atoms with Crippen LogP contribution in [0.5, 0.6) is 0 Å². The first-order valence-electron chi connectivity index (χ1n) is 6.14. The normalized spacial score (nSPS) is 11.8. The Morgan fingerprint density at radius 1 is 1.35 bits per heavy atom. The zero-order chi connectivity index (χ0) is 14.9. The number of anilines is 1. The minimum Gasteiger partial charge on any atom is -0.399 e. The molecular formula is C13H18N4O2S. The molecule has 2 aromatic rings. The number of sulfonamides is 1. The summed E-state index contributed by atoms with van der Waals surface area (Å²) in [5, 5.41) is 4.08. The third kappa shape index (κ3) is 2.83. The summed E-state index contributed by atoms with van der Waals surface area (Å²) in [4.78, 5) is 0.244. The number of aryl methyl sites for hydroxylation is 2. The number of hydrogen-bond acceptors (Lipinski definition) is 4. The van der Waals surface area contributed by atoms with Crippen LogP contribution in [0.25, 0.3) is 0 Å². The Morgan fingerprint density at radius 2 is 2.05 bits per heavy atom. The topological polar surface area (TPSA) is 90.0 Å². The number of rotatable bonds is 4. The summed E-state index contributed by atoms with van der Waals surface area (Å²) >= 11 is 0. The number of nitrogen functional groups attached to an aromatic ring is 1. The van der Waals surface area contributed by atoms with E-state index in [1.54, 1.807) is 29.9 Å². The molecule has 0 atom stereocenters. The summed E-state index contributed by atoms with van der Waals surface area (Å²) in [5.41, 5.74) is 8.59. The summed E-state index contributed by atoms with van der Waals surface area (Å²) in [6.45, 7) is 3.83. The SMILES string of the molecule is Cc1cc(N)ccc1S(=O)(=O)NCc1cnn(C)c1C. The molecule has 0 amide bonds. The molecule has 0 unspecified atom stereocenters. The number of benzene rings is 1. The number of nitrogens with two attached hydrogens (primary N) is 1. The standard InChI is InChI=1S/C13H18N4O2S/c1-9-6-12(14)4-5-13(9)20(18,19)16-8-11-7-15-17(3)10(11)2/h4-7,16H,8,14H2,1-3H3. The van der Waals surface area contributed by atoms with E-state index in [-0.39, 0.29) is 11.4 Å². The fourth-order valence-corrected chi connectivity index (χ4v) is 3.17. The summed E-state index contributed by atoms with van der Waals surface area (Å²) in [5.74, 6) is 0. The van der Waals surface area contributed by atoms with Crippen LogP contribution in [0.1, 0.15) is 16.8 Å². The maximum atomic E-state index is 12.3. The molecule has 108 valence electrons. The highest BCUT2D eigenvalue weighted by atomic mass is 32.2. The minimum atomic E-state index is -3.56. The van der Waals surface area contributed by atoms with Crippen LogP contribution in [0, 0.1) is 13.8 Å². The van der Waals surface area contributed by atoms with Gasteiger partial charge in [-0.25, -0.2) is 13.1 Å². The average Bonchev–Trinajstić information content (AvgIpc) is 2.67. The van der Waals surface area contributed by atoms with Gasteiger partial charge >= 0.3 is 0 Å². The van der Waals surface area contributed by atoms with Gasteiger partial charge in [0.25, 0.3) is 0 Å². The summed E-state index contributed by atoms with van der Waals surface area (Å²) < 4.78 is 28.8.